The van der Waals surface area contributed by atoms with Crippen molar-refractivity contribution in [1.29, 1.82) is 0 Å². The van der Waals surface area contributed by atoms with Crippen LogP contribution >= 0.6 is 0 Å². The molecule has 0 saturated carbocycles. The van der Waals surface area contributed by atoms with E-state index in [1.807, 2.05) is 0 Å². The third-order valence-corrected chi connectivity index (χ3v) is 5.94. The molecule has 36 heavy (non-hydrogen) atoms. The largest absolute Gasteiger partial charge is 0.399 e. The Labute approximate surface area is 206 Å². The van der Waals surface area contributed by atoms with Crippen LogP contribution in [0.5, 0.6) is 0 Å². The van der Waals surface area contributed by atoms with Gasteiger partial charge >= 0.3 is 0 Å². The Balaban J connectivity index is 1.92. The second-order valence-corrected chi connectivity index (χ2v) is 8.46. The fourth-order valence-corrected chi connectivity index (χ4v) is 3.75. The third-order valence-electron chi connectivity index (χ3n) is 5.94. The lowest BCUT2D eigenvalue weighted by molar-refractivity contribution is -0.118. The highest BCUT2D eigenvalue weighted by Crippen LogP contribution is 2.31. The molecule has 0 aliphatic carbocycles. The highest BCUT2D eigenvalue weighted by molar-refractivity contribution is 5.95. The van der Waals surface area contributed by atoms with E-state index in [2.05, 4.69) is 5.32 Å². The number of amides is 2. The topological polar surface area (TPSA) is 78.7 Å². The monoisotopic (exact) mass is 502 g/mol. The first-order chi connectivity index (χ1) is 17.0. The Bertz CT molecular complexity index is 1260. The van der Waals surface area contributed by atoms with Crippen molar-refractivity contribution in [2.24, 2.45) is 0 Å². The molecule has 1 unspecified atom stereocenters. The number of carbonyl (C=O) groups is 2. The van der Waals surface area contributed by atoms with E-state index in [1.165, 1.54) is 29.2 Å². The van der Waals surface area contributed by atoms with E-state index in [4.69, 9.17) is 5.73 Å². The molecule has 3 N–H and O–H groups in total. The van der Waals surface area contributed by atoms with Gasteiger partial charge in [-0.2, -0.15) is 0 Å². The Hall–Kier alpha value is -4.08. The lowest BCUT2D eigenvalue weighted by Gasteiger charge is -2.29. The van der Waals surface area contributed by atoms with Crippen LogP contribution in [0, 0.1) is 23.3 Å². The van der Waals surface area contributed by atoms with Crippen molar-refractivity contribution in [3.05, 3.63) is 94.1 Å². The zero-order chi connectivity index (χ0) is 26.6. The Morgan fingerprint density at radius 3 is 2.31 bits per heavy atom. The molecule has 3 aromatic rings. The Kier molecular flexibility index (Phi) is 8.18. The zero-order valence-corrected chi connectivity index (χ0v) is 20.0. The van der Waals surface area contributed by atoms with E-state index >= 15 is 0 Å². The summed E-state index contributed by atoms with van der Waals surface area (Å²) in [7, 11) is 3.30. The van der Waals surface area contributed by atoms with E-state index in [0.29, 0.717) is 41.0 Å². The summed E-state index contributed by atoms with van der Waals surface area (Å²) in [5, 5.41) is 2.43. The summed E-state index contributed by atoms with van der Waals surface area (Å²) in [5.41, 5.74) is 7.42. The molecule has 0 aliphatic rings. The Morgan fingerprint density at radius 1 is 1.00 bits per heavy atom. The van der Waals surface area contributed by atoms with Gasteiger partial charge in [0.1, 0.15) is 23.3 Å². The smallest absolute Gasteiger partial charge is 0.251 e. The summed E-state index contributed by atoms with van der Waals surface area (Å²) in [6.07, 6.45) is 0.665. The number of anilines is 2. The molecule has 3 aromatic carbocycles. The van der Waals surface area contributed by atoms with Gasteiger partial charge < -0.3 is 20.9 Å². The summed E-state index contributed by atoms with van der Waals surface area (Å²) in [6.45, 7) is 1.41. The van der Waals surface area contributed by atoms with Gasteiger partial charge in [-0.15, -0.1) is 0 Å². The van der Waals surface area contributed by atoms with Crippen molar-refractivity contribution in [3.8, 4) is 0 Å². The first-order valence-electron chi connectivity index (χ1n) is 11.0. The molecule has 0 heterocycles. The van der Waals surface area contributed by atoms with E-state index in [0.717, 1.165) is 0 Å². The number of nitrogens with one attached hydrogen (secondary N) is 1. The average molecular weight is 503 g/mol. The van der Waals surface area contributed by atoms with Crippen LogP contribution in [-0.4, -0.2) is 31.3 Å². The number of nitrogens with zero attached hydrogens (tertiary/aromatic N) is 2. The lowest BCUT2D eigenvalue weighted by Crippen LogP contribution is -2.27. The van der Waals surface area contributed by atoms with Crippen molar-refractivity contribution < 1.29 is 27.2 Å². The molecule has 0 saturated heterocycles. The van der Waals surface area contributed by atoms with Gasteiger partial charge in [0, 0.05) is 67.4 Å². The quantitative estimate of drug-likeness (QED) is 0.256. The van der Waals surface area contributed by atoms with Gasteiger partial charge in [-0.25, -0.2) is 17.6 Å². The van der Waals surface area contributed by atoms with E-state index in [9.17, 15) is 27.2 Å². The molecular formula is C26H26F4N4O2. The molecular weight excluding hydrogens is 476 g/mol. The molecule has 0 aliphatic heterocycles. The molecule has 190 valence electrons. The maximum atomic E-state index is 14.4. The van der Waals surface area contributed by atoms with Gasteiger partial charge in [-0.1, -0.05) is 6.07 Å². The molecule has 0 spiro atoms. The number of nitrogen functional groups attached to an aromatic ring is 1. The fourth-order valence-electron chi connectivity index (χ4n) is 3.75. The molecule has 0 fully saturated rings. The van der Waals surface area contributed by atoms with Crippen molar-refractivity contribution in [2.75, 3.05) is 24.7 Å². The summed E-state index contributed by atoms with van der Waals surface area (Å²) >= 11 is 0. The number of halogens is 4. The molecule has 1 atom stereocenters. The predicted molar refractivity (Wildman–Crippen MR) is 129 cm³/mol. The highest BCUT2D eigenvalue weighted by Gasteiger charge is 2.20. The first kappa shape index (κ1) is 26.5. The van der Waals surface area contributed by atoms with Crippen LogP contribution in [0.2, 0.25) is 0 Å². The third kappa shape index (κ3) is 5.94. The van der Waals surface area contributed by atoms with Crippen LogP contribution in [0.1, 0.15) is 40.0 Å². The van der Waals surface area contributed by atoms with E-state index in [-0.39, 0.29) is 18.2 Å². The predicted octanol–water partition coefficient (Wildman–Crippen LogP) is 4.54. The van der Waals surface area contributed by atoms with Crippen molar-refractivity contribution >= 4 is 23.7 Å². The molecule has 2 amide bonds. The highest BCUT2D eigenvalue weighted by atomic mass is 19.1. The molecule has 0 bridgehead atoms. The van der Waals surface area contributed by atoms with Gasteiger partial charge in [0.2, 0.25) is 6.41 Å². The van der Waals surface area contributed by atoms with Crippen LogP contribution in [0.3, 0.4) is 0 Å². The minimum Gasteiger partial charge on any atom is -0.399 e. The zero-order valence-electron chi connectivity index (χ0n) is 20.0. The number of hydrogen-bond acceptors (Lipinski definition) is 4. The summed E-state index contributed by atoms with van der Waals surface area (Å²) < 4.78 is 55.4. The minimum atomic E-state index is -1.11. The van der Waals surface area contributed by atoms with Crippen LogP contribution in [0.15, 0.2) is 48.5 Å². The normalized spacial score (nSPS) is 11.6. The molecule has 10 heteroatoms. The summed E-state index contributed by atoms with van der Waals surface area (Å²) in [6, 6.07) is 9.61. The number of benzene rings is 3. The van der Waals surface area contributed by atoms with E-state index < -0.39 is 41.3 Å². The fraction of sp³-hybridized carbons (Fsp3) is 0.231. The number of carbonyl (C=O) groups excluding carboxylic acids is 2. The molecule has 3 rings (SSSR count). The summed E-state index contributed by atoms with van der Waals surface area (Å²) in [5.74, 6) is -4.37. The minimum absolute atomic E-state index is 0.110. The molecule has 0 aromatic heterocycles. The molecule has 6 nitrogen and oxygen atoms in total. The van der Waals surface area contributed by atoms with Crippen LogP contribution in [-0.2, 0) is 17.9 Å². The van der Waals surface area contributed by atoms with Crippen molar-refractivity contribution in [3.63, 3.8) is 0 Å². The van der Waals surface area contributed by atoms with Gasteiger partial charge in [0.05, 0.1) is 6.04 Å². The van der Waals surface area contributed by atoms with Gasteiger partial charge in [-0.05, 0) is 42.8 Å². The van der Waals surface area contributed by atoms with Gasteiger partial charge in [-0.3, -0.25) is 9.59 Å². The van der Waals surface area contributed by atoms with Crippen molar-refractivity contribution in [2.45, 2.75) is 26.1 Å². The van der Waals surface area contributed by atoms with Crippen LogP contribution < -0.4 is 16.0 Å². The van der Waals surface area contributed by atoms with E-state index in [1.54, 1.807) is 38.1 Å². The summed E-state index contributed by atoms with van der Waals surface area (Å²) in [4.78, 5) is 27.3. The Morgan fingerprint density at radius 2 is 1.67 bits per heavy atom. The maximum absolute atomic E-state index is 14.4. The van der Waals surface area contributed by atoms with Gasteiger partial charge in [0.15, 0.2) is 0 Å². The molecule has 0 radical (unpaired) electrons. The second kappa shape index (κ2) is 11.1. The number of rotatable bonds is 9. The SMILES string of the molecule is CC(c1ccc(C(=O)NCc2c(F)cc(F)cc2F)cc1N(C)Cc1cc(N)ccc1F)N(C)C=O. The van der Waals surface area contributed by atoms with Crippen LogP contribution in [0.4, 0.5) is 28.9 Å². The second-order valence-electron chi connectivity index (χ2n) is 8.46. The number of nitrogens with two attached hydrogens (primary N) is 1. The van der Waals surface area contributed by atoms with Crippen molar-refractivity contribution in [1.82, 2.24) is 10.2 Å². The first-order valence-corrected chi connectivity index (χ1v) is 11.0. The standard InChI is InChI=1S/C26H26F4N4O2/c1-15(34(3)14-35)20-6-4-16(26(36)32-12-21-23(29)10-18(27)11-24(21)30)9-25(20)33(2)13-17-8-19(31)5-7-22(17)28/h4-11,14-15H,12-13,31H2,1-3H3,(H,32,36). The maximum Gasteiger partial charge on any atom is 0.251 e. The number of hydrogen-bond donors (Lipinski definition) is 2. The van der Waals surface area contributed by atoms with Gasteiger partial charge in [0.25, 0.3) is 5.91 Å². The van der Waals surface area contributed by atoms with Crippen LogP contribution in [0.25, 0.3) is 0 Å². The average Bonchev–Trinajstić information content (AvgIpc) is 2.84. The lowest BCUT2D eigenvalue weighted by atomic mass is 10.0.